The van der Waals surface area contributed by atoms with Gasteiger partial charge < -0.3 is 4.57 Å². The maximum atomic E-state index is 12.6. The summed E-state index contributed by atoms with van der Waals surface area (Å²) >= 11 is 1.57. The van der Waals surface area contributed by atoms with Crippen molar-refractivity contribution in [2.75, 3.05) is 0 Å². The second-order valence-corrected chi connectivity index (χ2v) is 8.93. The fourth-order valence-corrected chi connectivity index (χ4v) is 4.94. The zero-order valence-corrected chi connectivity index (χ0v) is 16.4. The van der Waals surface area contributed by atoms with Gasteiger partial charge in [-0.3, -0.25) is 0 Å². The normalized spacial score (nSPS) is 11.6. The van der Waals surface area contributed by atoms with Gasteiger partial charge in [0.2, 0.25) is 0 Å². The summed E-state index contributed by atoms with van der Waals surface area (Å²) in [6, 6.07) is 16.8. The summed E-state index contributed by atoms with van der Waals surface area (Å²) in [5.41, 5.74) is 2.42. The highest BCUT2D eigenvalue weighted by Gasteiger charge is 2.20. The molecule has 0 aliphatic carbocycles. The van der Waals surface area contributed by atoms with E-state index in [0.717, 1.165) is 10.9 Å². The van der Waals surface area contributed by atoms with Crippen LogP contribution in [-0.2, 0) is 27.9 Å². The topological polar surface area (TPSA) is 64.8 Å². The van der Waals surface area contributed by atoms with Crippen LogP contribution < -0.4 is 0 Å². The average Bonchev–Trinajstić information content (AvgIpc) is 3.01. The van der Waals surface area contributed by atoms with Crippen molar-refractivity contribution in [3.05, 3.63) is 71.5 Å². The van der Waals surface area contributed by atoms with Crippen LogP contribution in [0.5, 0.6) is 0 Å². The molecule has 0 amide bonds. The highest BCUT2D eigenvalue weighted by atomic mass is 32.2. The lowest BCUT2D eigenvalue weighted by molar-refractivity contribution is 0.588. The molecular formula is C19H21N3O2S2. The highest BCUT2D eigenvalue weighted by molar-refractivity contribution is 7.98. The van der Waals surface area contributed by atoms with Gasteiger partial charge in [-0.15, -0.1) is 10.2 Å². The van der Waals surface area contributed by atoms with Crippen LogP contribution in [0.3, 0.4) is 0 Å². The van der Waals surface area contributed by atoms with Crippen molar-refractivity contribution >= 4 is 21.6 Å². The molecule has 0 aliphatic rings. The Morgan fingerprint density at radius 2 is 1.81 bits per heavy atom. The molecule has 0 aliphatic heterocycles. The molecule has 2 aromatic carbocycles. The van der Waals surface area contributed by atoms with E-state index in [-0.39, 0.29) is 5.75 Å². The van der Waals surface area contributed by atoms with Crippen LogP contribution in [-0.4, -0.2) is 23.2 Å². The Kier molecular flexibility index (Phi) is 5.78. The van der Waals surface area contributed by atoms with Crippen LogP contribution in [0.4, 0.5) is 0 Å². The van der Waals surface area contributed by atoms with Crippen molar-refractivity contribution in [3.63, 3.8) is 0 Å². The minimum atomic E-state index is -3.44. The van der Waals surface area contributed by atoms with Gasteiger partial charge in [0.25, 0.3) is 0 Å². The molecule has 0 N–H and O–H groups in total. The van der Waals surface area contributed by atoms with Crippen molar-refractivity contribution in [1.82, 2.24) is 14.8 Å². The predicted octanol–water partition coefficient (Wildman–Crippen LogP) is 3.87. The SMILES string of the molecule is CCn1c(CS(=O)(=O)c2ccccc2)nnc1SCc1cccc(C)c1. The number of aryl methyl sites for hydroxylation is 1. The molecule has 0 atom stereocenters. The van der Waals surface area contributed by atoms with E-state index >= 15 is 0 Å². The molecule has 5 nitrogen and oxygen atoms in total. The van der Waals surface area contributed by atoms with Crippen LogP contribution in [0.1, 0.15) is 23.9 Å². The second-order valence-electron chi connectivity index (χ2n) is 5.99. The molecule has 0 saturated heterocycles. The van der Waals surface area contributed by atoms with Crippen molar-refractivity contribution < 1.29 is 8.42 Å². The molecular weight excluding hydrogens is 366 g/mol. The molecule has 3 rings (SSSR count). The quantitative estimate of drug-likeness (QED) is 0.576. The lowest BCUT2D eigenvalue weighted by atomic mass is 10.2. The minimum Gasteiger partial charge on any atom is -0.305 e. The van der Waals surface area contributed by atoms with Crippen molar-refractivity contribution in [2.24, 2.45) is 0 Å². The summed E-state index contributed by atoms with van der Waals surface area (Å²) < 4.78 is 27.1. The molecule has 26 heavy (non-hydrogen) atoms. The molecule has 0 radical (unpaired) electrons. The van der Waals surface area contributed by atoms with Gasteiger partial charge in [0.1, 0.15) is 11.6 Å². The van der Waals surface area contributed by atoms with Gasteiger partial charge in [0.15, 0.2) is 15.0 Å². The van der Waals surface area contributed by atoms with Crippen molar-refractivity contribution in [2.45, 2.75) is 41.9 Å². The van der Waals surface area contributed by atoms with E-state index in [1.54, 1.807) is 42.1 Å². The van der Waals surface area contributed by atoms with Crippen molar-refractivity contribution in [1.29, 1.82) is 0 Å². The molecule has 7 heteroatoms. The van der Waals surface area contributed by atoms with Crippen LogP contribution in [0.25, 0.3) is 0 Å². The molecule has 1 heterocycles. The predicted molar refractivity (Wildman–Crippen MR) is 104 cm³/mol. The van der Waals surface area contributed by atoms with E-state index in [0.29, 0.717) is 17.3 Å². The third-order valence-electron chi connectivity index (χ3n) is 3.98. The molecule has 3 aromatic rings. The molecule has 136 valence electrons. The Morgan fingerprint density at radius 1 is 1.04 bits per heavy atom. The average molecular weight is 388 g/mol. The number of benzene rings is 2. The number of nitrogens with zero attached hydrogens (tertiary/aromatic N) is 3. The number of sulfone groups is 1. The summed E-state index contributed by atoms with van der Waals surface area (Å²) in [5, 5.41) is 9.10. The van der Waals surface area contributed by atoms with Gasteiger partial charge in [-0.25, -0.2) is 8.42 Å². The summed E-state index contributed by atoms with van der Waals surface area (Å²) in [4.78, 5) is 0.305. The van der Waals surface area contributed by atoms with Crippen molar-refractivity contribution in [3.8, 4) is 0 Å². The fourth-order valence-electron chi connectivity index (χ4n) is 2.68. The highest BCUT2D eigenvalue weighted by Crippen LogP contribution is 2.24. The lowest BCUT2D eigenvalue weighted by Gasteiger charge is -2.08. The number of hydrogen-bond donors (Lipinski definition) is 0. The monoisotopic (exact) mass is 387 g/mol. The largest absolute Gasteiger partial charge is 0.305 e. The first-order valence-corrected chi connectivity index (χ1v) is 11.0. The smallest absolute Gasteiger partial charge is 0.191 e. The summed E-state index contributed by atoms with van der Waals surface area (Å²) in [6.45, 7) is 4.66. The number of thioether (sulfide) groups is 1. The van der Waals surface area contributed by atoms with Crippen LogP contribution in [0, 0.1) is 6.92 Å². The Hall–Kier alpha value is -2.12. The Bertz CT molecular complexity index is 983. The number of aromatic nitrogens is 3. The van der Waals surface area contributed by atoms with E-state index in [1.165, 1.54) is 11.1 Å². The first-order valence-electron chi connectivity index (χ1n) is 8.38. The first kappa shape index (κ1) is 18.7. The second kappa shape index (κ2) is 8.05. The van der Waals surface area contributed by atoms with Crippen LogP contribution in [0.2, 0.25) is 0 Å². The van der Waals surface area contributed by atoms with E-state index in [9.17, 15) is 8.42 Å². The van der Waals surface area contributed by atoms with Crippen LogP contribution >= 0.6 is 11.8 Å². The zero-order valence-electron chi connectivity index (χ0n) is 14.8. The van der Waals surface area contributed by atoms with Gasteiger partial charge in [-0.05, 0) is 31.5 Å². The van der Waals surface area contributed by atoms with E-state index in [2.05, 4.69) is 35.3 Å². The van der Waals surface area contributed by atoms with Gasteiger partial charge in [-0.1, -0.05) is 59.8 Å². The molecule has 0 fully saturated rings. The maximum absolute atomic E-state index is 12.6. The Balaban J connectivity index is 1.78. The zero-order chi connectivity index (χ0) is 18.6. The van der Waals surface area contributed by atoms with Crippen LogP contribution in [0.15, 0.2) is 64.6 Å². The third-order valence-corrected chi connectivity index (χ3v) is 6.65. The van der Waals surface area contributed by atoms with E-state index < -0.39 is 9.84 Å². The summed E-state index contributed by atoms with van der Waals surface area (Å²) in [6.07, 6.45) is 0. The fraction of sp³-hybridized carbons (Fsp3) is 0.263. The minimum absolute atomic E-state index is 0.150. The lowest BCUT2D eigenvalue weighted by Crippen LogP contribution is -2.11. The molecule has 0 unspecified atom stereocenters. The summed E-state index contributed by atoms with van der Waals surface area (Å²) in [7, 11) is -3.44. The Labute approximate surface area is 158 Å². The van der Waals surface area contributed by atoms with Gasteiger partial charge >= 0.3 is 0 Å². The Morgan fingerprint density at radius 3 is 2.50 bits per heavy atom. The van der Waals surface area contributed by atoms with Gasteiger partial charge in [0.05, 0.1) is 4.90 Å². The first-order chi connectivity index (χ1) is 12.5. The molecule has 0 bridgehead atoms. The van der Waals surface area contributed by atoms with E-state index in [4.69, 9.17) is 0 Å². The number of hydrogen-bond acceptors (Lipinski definition) is 5. The standard InChI is InChI=1S/C19H21N3O2S2/c1-3-22-18(14-26(23,24)17-10-5-4-6-11-17)20-21-19(22)25-13-16-9-7-8-15(2)12-16/h4-12H,3,13-14H2,1-2H3. The molecule has 0 spiro atoms. The van der Waals surface area contributed by atoms with Gasteiger partial charge in [0, 0.05) is 12.3 Å². The molecule has 1 aromatic heterocycles. The molecule has 0 saturated carbocycles. The number of rotatable bonds is 7. The maximum Gasteiger partial charge on any atom is 0.191 e. The summed E-state index contributed by atoms with van der Waals surface area (Å²) in [5.74, 6) is 1.09. The third kappa shape index (κ3) is 4.34. The van der Waals surface area contributed by atoms with E-state index in [1.807, 2.05) is 17.6 Å². The van der Waals surface area contributed by atoms with Gasteiger partial charge in [-0.2, -0.15) is 0 Å².